The van der Waals surface area contributed by atoms with Gasteiger partial charge < -0.3 is 9.30 Å². The van der Waals surface area contributed by atoms with Crippen LogP contribution in [0.4, 0.5) is 0 Å². The highest BCUT2D eigenvalue weighted by Gasteiger charge is 2.22. The van der Waals surface area contributed by atoms with E-state index < -0.39 is 0 Å². The van der Waals surface area contributed by atoms with Gasteiger partial charge in [0.25, 0.3) is 0 Å². The summed E-state index contributed by atoms with van der Waals surface area (Å²) >= 11 is 0. The standard InChI is InChI=1S/C38H43N3O/c1-5-7-23-41-36(37(33-21-19-29(3)20-22-33)39-38(41)34-16-9-8-10-17-34)28-40(26-31-14-11-13-30(4)24-31)27-32-15-12-18-35(25-32)42-6-2/h8-22,24-25H,5-7,23,26-28H2,1-4H3. The Kier molecular flexibility index (Phi) is 9.89. The highest BCUT2D eigenvalue weighted by Crippen LogP contribution is 2.32. The highest BCUT2D eigenvalue weighted by molar-refractivity contribution is 5.68. The van der Waals surface area contributed by atoms with Crippen LogP contribution < -0.4 is 4.74 Å². The fourth-order valence-electron chi connectivity index (χ4n) is 5.56. The van der Waals surface area contributed by atoms with Gasteiger partial charge in [0.2, 0.25) is 0 Å². The largest absolute Gasteiger partial charge is 0.494 e. The van der Waals surface area contributed by atoms with Crippen molar-refractivity contribution in [2.24, 2.45) is 0 Å². The van der Waals surface area contributed by atoms with Gasteiger partial charge in [0.05, 0.1) is 18.0 Å². The second-order valence-corrected chi connectivity index (χ2v) is 11.2. The molecule has 0 radical (unpaired) electrons. The fourth-order valence-corrected chi connectivity index (χ4v) is 5.56. The molecule has 5 rings (SSSR count). The highest BCUT2D eigenvalue weighted by atomic mass is 16.5. The number of unbranched alkanes of at least 4 members (excludes halogenated alkanes) is 1. The number of hydrogen-bond donors (Lipinski definition) is 0. The Morgan fingerprint density at radius 2 is 1.40 bits per heavy atom. The van der Waals surface area contributed by atoms with Gasteiger partial charge in [0.15, 0.2) is 0 Å². The maximum atomic E-state index is 5.85. The predicted octanol–water partition coefficient (Wildman–Crippen LogP) is 9.24. The van der Waals surface area contributed by atoms with Crippen molar-refractivity contribution < 1.29 is 4.74 Å². The zero-order chi connectivity index (χ0) is 29.3. The van der Waals surface area contributed by atoms with Crippen LogP contribution in [0.2, 0.25) is 0 Å². The molecule has 216 valence electrons. The van der Waals surface area contributed by atoms with Crippen LogP contribution in [0.1, 0.15) is 54.6 Å². The second-order valence-electron chi connectivity index (χ2n) is 11.2. The van der Waals surface area contributed by atoms with Crippen LogP contribution in [0.15, 0.2) is 103 Å². The summed E-state index contributed by atoms with van der Waals surface area (Å²) in [4.78, 5) is 7.92. The molecule has 0 spiro atoms. The van der Waals surface area contributed by atoms with Gasteiger partial charge in [0.1, 0.15) is 11.6 Å². The van der Waals surface area contributed by atoms with E-state index in [4.69, 9.17) is 9.72 Å². The number of rotatable bonds is 13. The predicted molar refractivity (Wildman–Crippen MR) is 174 cm³/mol. The van der Waals surface area contributed by atoms with Gasteiger partial charge in [-0.3, -0.25) is 4.90 Å². The van der Waals surface area contributed by atoms with Crippen LogP contribution >= 0.6 is 0 Å². The quantitative estimate of drug-likeness (QED) is 0.145. The monoisotopic (exact) mass is 557 g/mol. The zero-order valence-corrected chi connectivity index (χ0v) is 25.5. The molecule has 4 aromatic carbocycles. The van der Waals surface area contributed by atoms with Crippen molar-refractivity contribution in [2.75, 3.05) is 6.61 Å². The molecule has 1 aromatic heterocycles. The number of aryl methyl sites for hydroxylation is 2. The third-order valence-electron chi connectivity index (χ3n) is 7.64. The summed E-state index contributed by atoms with van der Waals surface area (Å²) in [5, 5.41) is 0. The van der Waals surface area contributed by atoms with Gasteiger partial charge in [-0.2, -0.15) is 0 Å². The number of ether oxygens (including phenoxy) is 1. The minimum atomic E-state index is 0.662. The van der Waals surface area contributed by atoms with E-state index in [1.54, 1.807) is 0 Å². The first kappa shape index (κ1) is 29.3. The molecule has 4 heteroatoms. The Morgan fingerprint density at radius 1 is 0.690 bits per heavy atom. The summed E-state index contributed by atoms with van der Waals surface area (Å²) < 4.78 is 8.33. The van der Waals surface area contributed by atoms with Crippen LogP contribution in [-0.2, 0) is 26.2 Å². The molecule has 42 heavy (non-hydrogen) atoms. The lowest BCUT2D eigenvalue weighted by Gasteiger charge is -2.25. The Bertz CT molecular complexity index is 1570. The van der Waals surface area contributed by atoms with Crippen molar-refractivity contribution in [2.45, 2.75) is 66.7 Å². The van der Waals surface area contributed by atoms with Crippen LogP contribution in [0.25, 0.3) is 22.6 Å². The molecule has 0 fully saturated rings. The molecule has 5 aromatic rings. The molecule has 4 nitrogen and oxygen atoms in total. The van der Waals surface area contributed by atoms with E-state index in [0.29, 0.717) is 6.61 Å². The first-order valence-corrected chi connectivity index (χ1v) is 15.3. The van der Waals surface area contributed by atoms with Crippen LogP contribution in [0, 0.1) is 13.8 Å². The first-order valence-electron chi connectivity index (χ1n) is 15.3. The molecule has 0 saturated carbocycles. The molecule has 0 saturated heterocycles. The van der Waals surface area contributed by atoms with Gasteiger partial charge in [-0.25, -0.2) is 4.98 Å². The van der Waals surface area contributed by atoms with Crippen molar-refractivity contribution in [3.05, 3.63) is 131 Å². The van der Waals surface area contributed by atoms with Gasteiger partial charge in [-0.15, -0.1) is 0 Å². The number of nitrogens with zero attached hydrogens (tertiary/aromatic N) is 3. The SMILES string of the molecule is CCCCn1c(-c2ccccc2)nc(-c2ccc(C)cc2)c1CN(Cc1cccc(C)c1)Cc1cccc(OCC)c1. The number of benzene rings is 4. The van der Waals surface area contributed by atoms with Crippen molar-refractivity contribution in [1.82, 2.24) is 14.5 Å². The molecule has 0 amide bonds. The molecule has 0 bridgehead atoms. The van der Waals surface area contributed by atoms with E-state index in [0.717, 1.165) is 67.4 Å². The first-order chi connectivity index (χ1) is 20.5. The molecular weight excluding hydrogens is 514 g/mol. The van der Waals surface area contributed by atoms with E-state index in [-0.39, 0.29) is 0 Å². The van der Waals surface area contributed by atoms with Crippen molar-refractivity contribution in [1.29, 1.82) is 0 Å². The molecule has 0 aliphatic heterocycles. The Hall–Kier alpha value is -4.15. The lowest BCUT2D eigenvalue weighted by Crippen LogP contribution is -2.24. The van der Waals surface area contributed by atoms with Crippen LogP contribution in [0.3, 0.4) is 0 Å². The van der Waals surface area contributed by atoms with E-state index in [9.17, 15) is 0 Å². The molecule has 1 heterocycles. The van der Waals surface area contributed by atoms with Gasteiger partial charge in [-0.05, 0) is 50.5 Å². The maximum absolute atomic E-state index is 5.85. The smallest absolute Gasteiger partial charge is 0.140 e. The molecular formula is C38H43N3O. The third kappa shape index (κ3) is 7.37. The Labute approximate surface area is 251 Å². The minimum absolute atomic E-state index is 0.662. The van der Waals surface area contributed by atoms with Crippen molar-refractivity contribution in [3.63, 3.8) is 0 Å². The number of imidazole rings is 1. The molecule has 0 unspecified atom stereocenters. The zero-order valence-electron chi connectivity index (χ0n) is 25.5. The van der Waals surface area contributed by atoms with E-state index in [1.165, 1.54) is 27.9 Å². The number of aromatic nitrogens is 2. The minimum Gasteiger partial charge on any atom is -0.494 e. The summed E-state index contributed by atoms with van der Waals surface area (Å²) in [6, 6.07) is 36.8. The van der Waals surface area contributed by atoms with Crippen molar-refractivity contribution in [3.8, 4) is 28.4 Å². The number of hydrogen-bond acceptors (Lipinski definition) is 3. The normalized spacial score (nSPS) is 11.3. The van der Waals surface area contributed by atoms with Gasteiger partial charge >= 0.3 is 0 Å². The maximum Gasteiger partial charge on any atom is 0.140 e. The van der Waals surface area contributed by atoms with E-state index >= 15 is 0 Å². The molecule has 0 atom stereocenters. The fraction of sp³-hybridized carbons (Fsp3) is 0.289. The average Bonchev–Trinajstić information content (AvgIpc) is 3.35. The van der Waals surface area contributed by atoms with E-state index in [1.807, 2.05) is 13.0 Å². The third-order valence-corrected chi connectivity index (χ3v) is 7.64. The van der Waals surface area contributed by atoms with Gasteiger partial charge in [0, 0.05) is 37.3 Å². The van der Waals surface area contributed by atoms with Gasteiger partial charge in [-0.1, -0.05) is 115 Å². The summed E-state index contributed by atoms with van der Waals surface area (Å²) in [5.74, 6) is 1.97. The van der Waals surface area contributed by atoms with Crippen molar-refractivity contribution >= 4 is 0 Å². The summed E-state index contributed by atoms with van der Waals surface area (Å²) in [7, 11) is 0. The summed E-state index contributed by atoms with van der Waals surface area (Å²) in [5.41, 5.74) is 9.75. The second kappa shape index (κ2) is 14.2. The lowest BCUT2D eigenvalue weighted by molar-refractivity contribution is 0.240. The molecule has 0 aliphatic rings. The Morgan fingerprint density at radius 3 is 2.10 bits per heavy atom. The Balaban J connectivity index is 1.61. The van der Waals surface area contributed by atoms with Crippen LogP contribution in [-0.4, -0.2) is 21.1 Å². The summed E-state index contributed by atoms with van der Waals surface area (Å²) in [6.07, 6.45) is 2.23. The average molecular weight is 558 g/mol. The summed E-state index contributed by atoms with van der Waals surface area (Å²) in [6.45, 7) is 12.6. The van der Waals surface area contributed by atoms with E-state index in [2.05, 4.69) is 127 Å². The lowest BCUT2D eigenvalue weighted by atomic mass is 10.1. The molecule has 0 N–H and O–H groups in total. The van der Waals surface area contributed by atoms with Crippen LogP contribution in [0.5, 0.6) is 5.75 Å². The molecule has 0 aliphatic carbocycles. The topological polar surface area (TPSA) is 30.3 Å².